The van der Waals surface area contributed by atoms with E-state index in [0.717, 1.165) is 31.5 Å². The van der Waals surface area contributed by atoms with Crippen LogP contribution in [0.25, 0.3) is 0 Å². The summed E-state index contributed by atoms with van der Waals surface area (Å²) in [4.78, 5) is 27.7. The lowest BCUT2D eigenvalue weighted by Crippen LogP contribution is -2.49. The second-order valence-electron chi connectivity index (χ2n) is 8.42. The van der Waals surface area contributed by atoms with E-state index < -0.39 is 23.8 Å². The Hall–Kier alpha value is -2.64. The van der Waals surface area contributed by atoms with Gasteiger partial charge in [0, 0.05) is 12.5 Å². The Balaban J connectivity index is 1.47. The number of carbonyl (C=O) groups excluding carboxylic acids is 2. The lowest BCUT2D eigenvalue weighted by Gasteiger charge is -2.29. The van der Waals surface area contributed by atoms with Crippen LogP contribution in [0.4, 0.5) is 0 Å². The van der Waals surface area contributed by atoms with Gasteiger partial charge in [-0.2, -0.15) is 0 Å². The molecule has 0 bridgehead atoms. The predicted octanol–water partition coefficient (Wildman–Crippen LogP) is 2.16. The molecule has 3 aliphatic rings. The minimum Gasteiger partial charge on any atom is -0.486 e. The van der Waals surface area contributed by atoms with E-state index in [1.165, 1.54) is 0 Å². The number of amides is 1. The zero-order valence-electron chi connectivity index (χ0n) is 17.7. The number of hydrogen-bond donors (Lipinski definition) is 2. The van der Waals surface area contributed by atoms with Gasteiger partial charge in [-0.1, -0.05) is 30.4 Å². The van der Waals surface area contributed by atoms with Crippen LogP contribution in [0.3, 0.4) is 0 Å². The third-order valence-corrected chi connectivity index (χ3v) is 6.26. The molecule has 0 aromatic heterocycles. The Morgan fingerprint density at radius 2 is 1.97 bits per heavy atom. The maximum absolute atomic E-state index is 12.8. The van der Waals surface area contributed by atoms with Gasteiger partial charge in [0.1, 0.15) is 19.3 Å². The summed E-state index contributed by atoms with van der Waals surface area (Å²) in [6.45, 7) is 7.01. The molecule has 1 aromatic rings. The van der Waals surface area contributed by atoms with Crippen LogP contribution in [-0.2, 0) is 9.59 Å². The highest BCUT2D eigenvalue weighted by Crippen LogP contribution is 2.34. The highest BCUT2D eigenvalue weighted by molar-refractivity contribution is 6.37. The van der Waals surface area contributed by atoms with Gasteiger partial charge in [-0.05, 0) is 56.5 Å². The van der Waals surface area contributed by atoms with Crippen molar-refractivity contribution >= 4 is 11.7 Å². The average Bonchev–Trinajstić information content (AvgIpc) is 3.49. The lowest BCUT2D eigenvalue weighted by atomic mass is 9.97. The number of ketones is 1. The molecule has 7 nitrogen and oxygen atoms in total. The van der Waals surface area contributed by atoms with Crippen molar-refractivity contribution in [2.75, 3.05) is 32.8 Å². The van der Waals surface area contributed by atoms with Crippen molar-refractivity contribution in [1.29, 1.82) is 0 Å². The predicted molar refractivity (Wildman–Crippen MR) is 116 cm³/mol. The maximum atomic E-state index is 12.8. The van der Waals surface area contributed by atoms with Crippen LogP contribution in [-0.4, -0.2) is 60.6 Å². The van der Waals surface area contributed by atoms with Crippen molar-refractivity contribution in [3.63, 3.8) is 0 Å². The summed E-state index contributed by atoms with van der Waals surface area (Å²) in [6, 6.07) is 4.70. The zero-order valence-corrected chi connectivity index (χ0v) is 17.7. The number of nitrogens with one attached hydrogen (secondary N) is 1. The van der Waals surface area contributed by atoms with Crippen LogP contribution in [0.2, 0.25) is 0 Å². The molecule has 2 heterocycles. The van der Waals surface area contributed by atoms with Crippen molar-refractivity contribution in [2.45, 2.75) is 37.8 Å². The molecule has 0 saturated carbocycles. The molecule has 1 aliphatic carbocycles. The lowest BCUT2D eigenvalue weighted by molar-refractivity contribution is -0.141. The van der Waals surface area contributed by atoms with Gasteiger partial charge in [0.25, 0.3) is 5.91 Å². The van der Waals surface area contributed by atoms with E-state index in [-0.39, 0.29) is 5.92 Å². The number of aliphatic hydroxyl groups excluding tert-OH is 1. The first-order chi connectivity index (χ1) is 15.0. The molecule has 1 aromatic carbocycles. The van der Waals surface area contributed by atoms with Gasteiger partial charge in [-0.25, -0.2) is 0 Å². The highest BCUT2D eigenvalue weighted by Gasteiger charge is 2.33. The van der Waals surface area contributed by atoms with Crippen LogP contribution in [0.1, 0.15) is 37.4 Å². The molecule has 1 amide bonds. The summed E-state index contributed by atoms with van der Waals surface area (Å²) < 4.78 is 11.2. The SMILES string of the molecule is C=CC1=CCC(C(=O)C(=O)N[C@H](CN2CCCC2)[C@H](O)c2ccc3c(c2)OCCO3)C1. The van der Waals surface area contributed by atoms with E-state index in [9.17, 15) is 14.7 Å². The molecular formula is C24H30N2O5. The Morgan fingerprint density at radius 1 is 1.23 bits per heavy atom. The number of ether oxygens (including phenoxy) is 2. The van der Waals surface area contributed by atoms with E-state index in [4.69, 9.17) is 9.47 Å². The second-order valence-corrected chi connectivity index (χ2v) is 8.42. The monoisotopic (exact) mass is 426 g/mol. The average molecular weight is 427 g/mol. The number of nitrogens with zero attached hydrogens (tertiary/aromatic N) is 1. The van der Waals surface area contributed by atoms with Crippen molar-refractivity contribution in [1.82, 2.24) is 10.2 Å². The highest BCUT2D eigenvalue weighted by atomic mass is 16.6. The van der Waals surface area contributed by atoms with Crippen LogP contribution < -0.4 is 14.8 Å². The second kappa shape index (κ2) is 9.66. The minimum absolute atomic E-state index is 0.355. The molecule has 1 fully saturated rings. The Labute approximate surface area is 182 Å². The quantitative estimate of drug-likeness (QED) is 0.620. The van der Waals surface area contributed by atoms with Gasteiger partial charge in [0.15, 0.2) is 11.5 Å². The maximum Gasteiger partial charge on any atom is 0.288 e. The number of rotatable bonds is 8. The van der Waals surface area contributed by atoms with Crippen LogP contribution in [0.5, 0.6) is 11.5 Å². The molecule has 2 N–H and O–H groups in total. The van der Waals surface area contributed by atoms with Gasteiger partial charge >= 0.3 is 0 Å². The van der Waals surface area contributed by atoms with E-state index in [1.807, 2.05) is 6.08 Å². The molecule has 4 rings (SSSR count). The fraction of sp³-hybridized carbons (Fsp3) is 0.500. The summed E-state index contributed by atoms with van der Waals surface area (Å²) in [6.07, 6.45) is 5.99. The molecular weight excluding hydrogens is 396 g/mol. The Morgan fingerprint density at radius 3 is 2.68 bits per heavy atom. The number of aliphatic hydroxyl groups is 1. The third-order valence-electron chi connectivity index (χ3n) is 6.26. The first-order valence-electron chi connectivity index (χ1n) is 11.0. The topological polar surface area (TPSA) is 88.1 Å². The minimum atomic E-state index is -0.974. The molecule has 31 heavy (non-hydrogen) atoms. The van der Waals surface area contributed by atoms with Gasteiger partial charge in [0.05, 0.1) is 6.04 Å². The van der Waals surface area contributed by atoms with Crippen LogP contribution in [0.15, 0.2) is 42.5 Å². The number of Topliss-reactive ketones (excluding diaryl/α,β-unsaturated/α-hetero) is 1. The van der Waals surface area contributed by atoms with Crippen molar-refractivity contribution in [3.8, 4) is 11.5 Å². The van der Waals surface area contributed by atoms with Gasteiger partial charge < -0.3 is 24.8 Å². The summed E-state index contributed by atoms with van der Waals surface area (Å²) in [5.41, 5.74) is 1.62. The third kappa shape index (κ3) is 4.99. The fourth-order valence-corrected chi connectivity index (χ4v) is 4.48. The van der Waals surface area contributed by atoms with E-state index >= 15 is 0 Å². The van der Waals surface area contributed by atoms with E-state index in [1.54, 1.807) is 24.3 Å². The first-order valence-corrected chi connectivity index (χ1v) is 11.0. The number of hydrogen-bond acceptors (Lipinski definition) is 6. The standard InChI is InChI=1S/C24H30N2O5/c1-2-16-5-6-17(13-16)23(28)24(29)25-19(15-26-9-3-4-10-26)22(27)18-7-8-20-21(14-18)31-12-11-30-20/h2,5,7-8,14,17,19,22,27H,1,3-4,6,9-13,15H2,(H,25,29)/t17?,19-,22-/m1/s1. The molecule has 3 atom stereocenters. The summed E-state index contributed by atoms with van der Waals surface area (Å²) in [7, 11) is 0. The molecule has 166 valence electrons. The van der Waals surface area contributed by atoms with Crippen LogP contribution in [0, 0.1) is 5.92 Å². The van der Waals surface area contributed by atoms with E-state index in [2.05, 4.69) is 16.8 Å². The number of benzene rings is 1. The van der Waals surface area contributed by atoms with Crippen LogP contribution >= 0.6 is 0 Å². The molecule has 1 unspecified atom stereocenters. The summed E-state index contributed by atoms with van der Waals surface area (Å²) >= 11 is 0. The number of allylic oxidation sites excluding steroid dienone is 3. The van der Waals surface area contributed by atoms with Gasteiger partial charge in [-0.3, -0.25) is 9.59 Å². The van der Waals surface area contributed by atoms with Gasteiger partial charge in [-0.15, -0.1) is 0 Å². The van der Waals surface area contributed by atoms with Crippen molar-refractivity contribution in [3.05, 3.63) is 48.1 Å². The molecule has 1 saturated heterocycles. The smallest absolute Gasteiger partial charge is 0.288 e. The normalized spacial score (nSPS) is 22.5. The fourth-order valence-electron chi connectivity index (χ4n) is 4.48. The number of carbonyl (C=O) groups is 2. The van der Waals surface area contributed by atoms with Crippen molar-refractivity contribution in [2.24, 2.45) is 5.92 Å². The first kappa shape index (κ1) is 21.6. The Bertz CT molecular complexity index is 875. The number of likely N-dealkylation sites (tertiary alicyclic amines) is 1. The molecule has 0 radical (unpaired) electrons. The molecule has 7 heteroatoms. The summed E-state index contributed by atoms with van der Waals surface area (Å²) in [5.74, 6) is -0.200. The van der Waals surface area contributed by atoms with E-state index in [0.29, 0.717) is 49.7 Å². The van der Waals surface area contributed by atoms with Gasteiger partial charge in [0.2, 0.25) is 5.78 Å². The zero-order chi connectivity index (χ0) is 21.8. The number of fused-ring (bicyclic) bond motifs is 1. The largest absolute Gasteiger partial charge is 0.486 e. The van der Waals surface area contributed by atoms with Crippen molar-refractivity contribution < 1.29 is 24.2 Å². The summed E-state index contributed by atoms with van der Waals surface area (Å²) in [5, 5.41) is 14.0. The molecule has 2 aliphatic heterocycles. The Kier molecular flexibility index (Phi) is 6.73. The molecule has 0 spiro atoms.